The fourth-order valence-electron chi connectivity index (χ4n) is 2.37. The van der Waals surface area contributed by atoms with Gasteiger partial charge in [-0.1, -0.05) is 18.2 Å². The Morgan fingerprint density at radius 3 is 2.83 bits per heavy atom. The molecule has 0 saturated heterocycles. The molecule has 2 N–H and O–H groups in total. The van der Waals surface area contributed by atoms with Crippen molar-refractivity contribution in [3.63, 3.8) is 0 Å². The van der Waals surface area contributed by atoms with Gasteiger partial charge in [-0.3, -0.25) is 0 Å². The second-order valence-corrected chi connectivity index (χ2v) is 5.31. The summed E-state index contributed by atoms with van der Waals surface area (Å²) < 4.78 is 6.74. The van der Waals surface area contributed by atoms with Crippen LogP contribution >= 0.6 is 11.5 Å². The first-order valence-electron chi connectivity index (χ1n) is 5.92. The molecule has 0 bridgehead atoms. The molecular formula is C14H15N3S. The number of nitrogens with zero attached hydrogens (tertiary/aromatic N) is 2. The SMILES string of the molecule is Cc1c(-c2cc(CN)sn2)c2ccccc2n1C. The number of hydrogen-bond donors (Lipinski definition) is 1. The van der Waals surface area contributed by atoms with Gasteiger partial charge in [-0.2, -0.15) is 4.37 Å². The van der Waals surface area contributed by atoms with Gasteiger partial charge < -0.3 is 10.3 Å². The maximum atomic E-state index is 5.66. The lowest BCUT2D eigenvalue weighted by molar-refractivity contribution is 0.919. The lowest BCUT2D eigenvalue weighted by Crippen LogP contribution is -1.92. The van der Waals surface area contributed by atoms with Gasteiger partial charge in [0.05, 0.1) is 5.69 Å². The average molecular weight is 257 g/mol. The predicted octanol–water partition coefficient (Wildman–Crippen LogP) is 3.07. The highest BCUT2D eigenvalue weighted by Gasteiger charge is 2.15. The van der Waals surface area contributed by atoms with Crippen molar-refractivity contribution >= 4 is 22.4 Å². The molecule has 0 radical (unpaired) electrons. The number of aromatic nitrogens is 2. The lowest BCUT2D eigenvalue weighted by atomic mass is 10.1. The van der Waals surface area contributed by atoms with Gasteiger partial charge in [-0.25, -0.2) is 0 Å². The standard InChI is InChI=1S/C14H15N3S/c1-9-14(12-7-10(8-15)18-16-12)11-5-3-4-6-13(11)17(9)2/h3-7H,8,15H2,1-2H3. The van der Waals surface area contributed by atoms with E-state index in [1.165, 1.54) is 33.7 Å². The van der Waals surface area contributed by atoms with Gasteiger partial charge >= 0.3 is 0 Å². The first kappa shape index (κ1) is 11.4. The van der Waals surface area contributed by atoms with E-state index in [9.17, 15) is 0 Å². The molecule has 18 heavy (non-hydrogen) atoms. The van der Waals surface area contributed by atoms with E-state index in [-0.39, 0.29) is 0 Å². The molecule has 0 saturated carbocycles. The molecule has 3 rings (SSSR count). The molecular weight excluding hydrogens is 242 g/mol. The fourth-order valence-corrected chi connectivity index (χ4v) is 2.97. The summed E-state index contributed by atoms with van der Waals surface area (Å²) in [6, 6.07) is 10.5. The zero-order valence-electron chi connectivity index (χ0n) is 10.5. The molecule has 3 nitrogen and oxygen atoms in total. The number of benzene rings is 1. The Morgan fingerprint density at radius 2 is 2.11 bits per heavy atom. The summed E-state index contributed by atoms with van der Waals surface area (Å²) in [7, 11) is 2.09. The van der Waals surface area contributed by atoms with Crippen LogP contribution in [0.3, 0.4) is 0 Å². The topological polar surface area (TPSA) is 43.8 Å². The van der Waals surface area contributed by atoms with Crippen molar-refractivity contribution in [3.8, 4) is 11.3 Å². The van der Waals surface area contributed by atoms with Crippen molar-refractivity contribution in [1.82, 2.24) is 8.94 Å². The number of fused-ring (bicyclic) bond motifs is 1. The minimum Gasteiger partial charge on any atom is -0.347 e. The lowest BCUT2D eigenvalue weighted by Gasteiger charge is -1.98. The summed E-state index contributed by atoms with van der Waals surface area (Å²) >= 11 is 1.49. The van der Waals surface area contributed by atoms with Crippen LogP contribution < -0.4 is 5.73 Å². The molecule has 92 valence electrons. The Balaban J connectivity index is 2.31. The molecule has 0 fully saturated rings. The molecule has 2 heterocycles. The van der Waals surface area contributed by atoms with Gasteiger partial charge in [0.15, 0.2) is 0 Å². The van der Waals surface area contributed by atoms with Gasteiger partial charge in [0.1, 0.15) is 0 Å². The summed E-state index contributed by atoms with van der Waals surface area (Å²) in [4.78, 5) is 1.12. The number of aryl methyl sites for hydroxylation is 1. The summed E-state index contributed by atoms with van der Waals surface area (Å²) in [5, 5.41) is 1.26. The second kappa shape index (κ2) is 4.23. The van der Waals surface area contributed by atoms with Crippen LogP contribution in [-0.4, -0.2) is 8.94 Å². The van der Waals surface area contributed by atoms with Gasteiger partial charge in [0, 0.05) is 40.6 Å². The molecule has 0 aliphatic rings. The summed E-state index contributed by atoms with van der Waals surface area (Å²) in [6.07, 6.45) is 0. The van der Waals surface area contributed by atoms with Crippen LogP contribution in [0.5, 0.6) is 0 Å². The van der Waals surface area contributed by atoms with Crippen molar-refractivity contribution in [2.75, 3.05) is 0 Å². The van der Waals surface area contributed by atoms with E-state index in [1.54, 1.807) is 0 Å². The first-order valence-corrected chi connectivity index (χ1v) is 6.69. The zero-order valence-corrected chi connectivity index (χ0v) is 11.3. The number of nitrogens with two attached hydrogens (primary N) is 1. The van der Waals surface area contributed by atoms with Crippen LogP contribution in [0.2, 0.25) is 0 Å². The third-order valence-corrected chi connectivity index (χ3v) is 4.22. The zero-order chi connectivity index (χ0) is 12.7. The van der Waals surface area contributed by atoms with Gasteiger partial charge in [-0.05, 0) is 30.6 Å². The normalized spacial score (nSPS) is 11.3. The highest BCUT2D eigenvalue weighted by molar-refractivity contribution is 7.06. The smallest absolute Gasteiger partial charge is 0.0868 e. The molecule has 2 aromatic heterocycles. The van der Waals surface area contributed by atoms with E-state index in [0.29, 0.717) is 6.54 Å². The van der Waals surface area contributed by atoms with E-state index >= 15 is 0 Å². The van der Waals surface area contributed by atoms with Crippen LogP contribution in [0.25, 0.3) is 22.2 Å². The van der Waals surface area contributed by atoms with Gasteiger partial charge in [-0.15, -0.1) is 0 Å². The third kappa shape index (κ3) is 1.57. The van der Waals surface area contributed by atoms with Crippen LogP contribution in [0.15, 0.2) is 30.3 Å². The van der Waals surface area contributed by atoms with E-state index in [2.05, 4.69) is 53.2 Å². The third-order valence-electron chi connectivity index (χ3n) is 3.42. The van der Waals surface area contributed by atoms with Crippen molar-refractivity contribution in [3.05, 3.63) is 40.9 Å². The minimum absolute atomic E-state index is 0.557. The maximum absolute atomic E-state index is 5.66. The number of rotatable bonds is 2. The first-order chi connectivity index (χ1) is 8.72. The van der Waals surface area contributed by atoms with E-state index in [1.807, 2.05) is 0 Å². The predicted molar refractivity (Wildman–Crippen MR) is 76.7 cm³/mol. The number of para-hydroxylation sites is 1. The molecule has 0 unspecified atom stereocenters. The van der Waals surface area contributed by atoms with Crippen LogP contribution in [-0.2, 0) is 13.6 Å². The summed E-state index contributed by atoms with van der Waals surface area (Å²) in [6.45, 7) is 2.69. The van der Waals surface area contributed by atoms with Crippen molar-refractivity contribution in [2.24, 2.45) is 12.8 Å². The van der Waals surface area contributed by atoms with Crippen LogP contribution in [0.1, 0.15) is 10.6 Å². The molecule has 3 aromatic rings. The van der Waals surface area contributed by atoms with Crippen LogP contribution in [0, 0.1) is 6.92 Å². The summed E-state index contributed by atoms with van der Waals surface area (Å²) in [5.74, 6) is 0. The maximum Gasteiger partial charge on any atom is 0.0868 e. The average Bonchev–Trinajstić information content (AvgIpc) is 2.95. The quantitative estimate of drug-likeness (QED) is 0.766. The Kier molecular flexibility index (Phi) is 2.69. The molecule has 0 spiro atoms. The van der Waals surface area contributed by atoms with Crippen molar-refractivity contribution < 1.29 is 0 Å². The highest BCUT2D eigenvalue weighted by atomic mass is 32.1. The van der Waals surface area contributed by atoms with Gasteiger partial charge in [0.25, 0.3) is 0 Å². The van der Waals surface area contributed by atoms with E-state index in [4.69, 9.17) is 5.73 Å². The van der Waals surface area contributed by atoms with Crippen molar-refractivity contribution in [1.29, 1.82) is 0 Å². The largest absolute Gasteiger partial charge is 0.347 e. The Hall–Kier alpha value is -1.65. The molecule has 1 aromatic carbocycles. The summed E-state index contributed by atoms with van der Waals surface area (Å²) in [5.41, 5.74) is 10.4. The molecule has 4 heteroatoms. The highest BCUT2D eigenvalue weighted by Crippen LogP contribution is 2.34. The monoisotopic (exact) mass is 257 g/mol. The second-order valence-electron chi connectivity index (χ2n) is 4.42. The Bertz CT molecular complexity index is 709. The van der Waals surface area contributed by atoms with Crippen molar-refractivity contribution in [2.45, 2.75) is 13.5 Å². The van der Waals surface area contributed by atoms with Gasteiger partial charge in [0.2, 0.25) is 0 Å². The van der Waals surface area contributed by atoms with Crippen LogP contribution in [0.4, 0.5) is 0 Å². The molecule has 0 aliphatic carbocycles. The van der Waals surface area contributed by atoms with E-state index < -0.39 is 0 Å². The molecule has 0 atom stereocenters. The van der Waals surface area contributed by atoms with E-state index in [0.717, 1.165) is 10.6 Å². The fraction of sp³-hybridized carbons (Fsp3) is 0.214. The molecule has 0 aliphatic heterocycles. The Morgan fingerprint density at radius 1 is 1.33 bits per heavy atom. The molecule has 0 amide bonds. The number of hydrogen-bond acceptors (Lipinski definition) is 3. The Labute approximate surface area is 110 Å². The minimum atomic E-state index is 0.557.